The highest BCUT2D eigenvalue weighted by atomic mass is 19.3. The maximum Gasteiger partial charge on any atom is 0.356 e. The summed E-state index contributed by atoms with van der Waals surface area (Å²) < 4.78 is 37.5. The van der Waals surface area contributed by atoms with Crippen LogP contribution in [0.1, 0.15) is 21.7 Å². The van der Waals surface area contributed by atoms with E-state index in [-0.39, 0.29) is 5.56 Å². The standard InChI is InChI=1S/C7H7F3N2O2/c1-3-4(6(13)14)11-12-5(3)7(9,10)2-8/h2H2,1H3,(H,11,12)(H,13,14). The molecule has 0 aliphatic heterocycles. The third kappa shape index (κ3) is 1.57. The topological polar surface area (TPSA) is 66.0 Å². The number of carbonyl (C=O) groups is 1. The van der Waals surface area contributed by atoms with Gasteiger partial charge >= 0.3 is 11.9 Å². The summed E-state index contributed by atoms with van der Waals surface area (Å²) in [5, 5.41) is 13.5. The smallest absolute Gasteiger partial charge is 0.356 e. The number of aromatic nitrogens is 2. The van der Waals surface area contributed by atoms with Gasteiger partial charge in [-0.3, -0.25) is 5.10 Å². The lowest BCUT2D eigenvalue weighted by molar-refractivity contribution is -0.0327. The van der Waals surface area contributed by atoms with Crippen LogP contribution in [-0.2, 0) is 5.92 Å². The molecule has 0 unspecified atom stereocenters. The number of aromatic amines is 1. The number of nitrogens with one attached hydrogen (secondary N) is 1. The zero-order valence-electron chi connectivity index (χ0n) is 7.14. The molecule has 0 aliphatic rings. The van der Waals surface area contributed by atoms with Gasteiger partial charge in [0, 0.05) is 5.56 Å². The highest BCUT2D eigenvalue weighted by Crippen LogP contribution is 2.30. The van der Waals surface area contributed by atoms with Gasteiger partial charge in [-0.15, -0.1) is 0 Å². The monoisotopic (exact) mass is 208 g/mol. The van der Waals surface area contributed by atoms with E-state index < -0.39 is 30.0 Å². The lowest BCUT2D eigenvalue weighted by atomic mass is 10.1. The van der Waals surface area contributed by atoms with Crippen molar-refractivity contribution in [3.8, 4) is 0 Å². The molecule has 0 saturated heterocycles. The van der Waals surface area contributed by atoms with E-state index in [1.165, 1.54) is 0 Å². The molecule has 7 heteroatoms. The Hall–Kier alpha value is -1.53. The van der Waals surface area contributed by atoms with E-state index in [1.54, 1.807) is 0 Å². The molecule has 78 valence electrons. The first-order valence-electron chi connectivity index (χ1n) is 3.62. The normalized spacial score (nSPS) is 11.7. The average Bonchev–Trinajstić information content (AvgIpc) is 2.47. The molecule has 1 aromatic rings. The van der Waals surface area contributed by atoms with Crippen LogP contribution < -0.4 is 0 Å². The summed E-state index contributed by atoms with van der Waals surface area (Å²) >= 11 is 0. The lowest BCUT2D eigenvalue weighted by Gasteiger charge is -2.10. The summed E-state index contributed by atoms with van der Waals surface area (Å²) in [5.74, 6) is -5.15. The Bertz CT molecular complexity index is 362. The quantitative estimate of drug-likeness (QED) is 0.790. The van der Waals surface area contributed by atoms with Crippen LogP contribution in [0.25, 0.3) is 0 Å². The van der Waals surface area contributed by atoms with Crippen LogP contribution in [0, 0.1) is 6.92 Å². The summed E-state index contributed by atoms with van der Waals surface area (Å²) in [6.45, 7) is -0.749. The fourth-order valence-electron chi connectivity index (χ4n) is 1.03. The first-order chi connectivity index (χ1) is 6.40. The first-order valence-corrected chi connectivity index (χ1v) is 3.62. The van der Waals surface area contributed by atoms with Gasteiger partial charge in [-0.1, -0.05) is 0 Å². The molecule has 1 heterocycles. The Kier molecular flexibility index (Phi) is 2.50. The summed E-state index contributed by atoms with van der Waals surface area (Å²) in [6.07, 6.45) is 0. The lowest BCUT2D eigenvalue weighted by Crippen LogP contribution is -2.18. The summed E-state index contributed by atoms with van der Waals surface area (Å²) in [4.78, 5) is 10.4. The fourth-order valence-corrected chi connectivity index (χ4v) is 1.03. The molecule has 0 fully saturated rings. The molecular weight excluding hydrogens is 201 g/mol. The van der Waals surface area contributed by atoms with E-state index >= 15 is 0 Å². The maximum atomic E-state index is 12.8. The molecule has 2 N–H and O–H groups in total. The molecule has 0 aliphatic carbocycles. The maximum absolute atomic E-state index is 12.8. The van der Waals surface area contributed by atoms with Gasteiger partial charge in [-0.2, -0.15) is 13.9 Å². The first kappa shape index (κ1) is 10.6. The number of aromatic carboxylic acids is 1. The van der Waals surface area contributed by atoms with Crippen LogP contribution in [0.15, 0.2) is 0 Å². The van der Waals surface area contributed by atoms with E-state index in [4.69, 9.17) is 5.11 Å². The number of carboxylic acids is 1. The number of hydrogen-bond donors (Lipinski definition) is 2. The minimum atomic E-state index is -3.72. The van der Waals surface area contributed by atoms with Gasteiger partial charge < -0.3 is 5.11 Å². The number of H-pyrrole nitrogens is 1. The number of alkyl halides is 3. The van der Waals surface area contributed by atoms with Crippen LogP contribution in [0.2, 0.25) is 0 Å². The SMILES string of the molecule is Cc1c(C(=O)O)n[nH]c1C(F)(F)CF. The van der Waals surface area contributed by atoms with Crippen LogP contribution >= 0.6 is 0 Å². The molecule has 0 spiro atoms. The molecule has 0 bridgehead atoms. The second-order valence-corrected chi connectivity index (χ2v) is 2.72. The molecule has 4 nitrogen and oxygen atoms in total. The molecular formula is C7H7F3N2O2. The van der Waals surface area contributed by atoms with Gasteiger partial charge in [0.15, 0.2) is 12.4 Å². The second kappa shape index (κ2) is 3.32. The third-order valence-corrected chi connectivity index (χ3v) is 1.75. The van der Waals surface area contributed by atoms with Gasteiger partial charge in [0.1, 0.15) is 5.69 Å². The molecule has 0 aromatic carbocycles. The Morgan fingerprint density at radius 3 is 2.57 bits per heavy atom. The minimum Gasteiger partial charge on any atom is -0.476 e. The largest absolute Gasteiger partial charge is 0.476 e. The zero-order valence-corrected chi connectivity index (χ0v) is 7.14. The number of halogens is 3. The van der Waals surface area contributed by atoms with Crippen molar-refractivity contribution < 1.29 is 23.1 Å². The van der Waals surface area contributed by atoms with Crippen LogP contribution in [0.5, 0.6) is 0 Å². The zero-order chi connectivity index (χ0) is 10.9. The predicted octanol–water partition coefficient (Wildman–Crippen LogP) is 1.48. The summed E-state index contributed by atoms with van der Waals surface area (Å²) in [6, 6.07) is 0. The molecule has 0 radical (unpaired) electrons. The Morgan fingerprint density at radius 1 is 1.64 bits per heavy atom. The summed E-state index contributed by atoms with van der Waals surface area (Å²) in [5.41, 5.74) is -1.56. The van der Waals surface area contributed by atoms with Gasteiger partial charge in [-0.25, -0.2) is 9.18 Å². The Labute approximate surface area is 76.7 Å². The van der Waals surface area contributed by atoms with Crippen molar-refractivity contribution in [3.05, 3.63) is 17.0 Å². The minimum absolute atomic E-state index is 0.250. The fraction of sp³-hybridized carbons (Fsp3) is 0.429. The number of carboxylic acid groups (broad SMARTS) is 1. The predicted molar refractivity (Wildman–Crippen MR) is 40.2 cm³/mol. The van der Waals surface area contributed by atoms with Crippen LogP contribution in [0.3, 0.4) is 0 Å². The van der Waals surface area contributed by atoms with Crippen molar-refractivity contribution in [1.82, 2.24) is 10.2 Å². The van der Waals surface area contributed by atoms with E-state index in [0.717, 1.165) is 6.92 Å². The van der Waals surface area contributed by atoms with E-state index in [0.29, 0.717) is 0 Å². The van der Waals surface area contributed by atoms with E-state index in [9.17, 15) is 18.0 Å². The van der Waals surface area contributed by atoms with Gasteiger partial charge in [0.25, 0.3) is 0 Å². The van der Waals surface area contributed by atoms with Crippen LogP contribution in [0.4, 0.5) is 13.2 Å². The molecule has 1 aromatic heterocycles. The second-order valence-electron chi connectivity index (χ2n) is 2.72. The van der Waals surface area contributed by atoms with Crippen molar-refractivity contribution in [3.63, 3.8) is 0 Å². The van der Waals surface area contributed by atoms with Crippen molar-refractivity contribution in [1.29, 1.82) is 0 Å². The number of hydrogen-bond acceptors (Lipinski definition) is 2. The Morgan fingerprint density at radius 2 is 2.21 bits per heavy atom. The molecule has 1 rings (SSSR count). The van der Waals surface area contributed by atoms with Crippen molar-refractivity contribution >= 4 is 5.97 Å². The van der Waals surface area contributed by atoms with Gasteiger partial charge in [0.05, 0.1) is 0 Å². The Balaban J connectivity index is 3.19. The van der Waals surface area contributed by atoms with Gasteiger partial charge in [-0.05, 0) is 6.92 Å². The van der Waals surface area contributed by atoms with Crippen molar-refractivity contribution in [2.45, 2.75) is 12.8 Å². The number of nitrogens with zero attached hydrogens (tertiary/aromatic N) is 1. The molecule has 0 amide bonds. The van der Waals surface area contributed by atoms with Crippen molar-refractivity contribution in [2.75, 3.05) is 6.67 Å². The van der Waals surface area contributed by atoms with Gasteiger partial charge in [0.2, 0.25) is 0 Å². The average molecular weight is 208 g/mol. The van der Waals surface area contributed by atoms with E-state index in [1.807, 2.05) is 5.10 Å². The van der Waals surface area contributed by atoms with Crippen LogP contribution in [-0.4, -0.2) is 27.9 Å². The van der Waals surface area contributed by atoms with Crippen molar-refractivity contribution in [2.24, 2.45) is 0 Å². The third-order valence-electron chi connectivity index (χ3n) is 1.75. The highest BCUT2D eigenvalue weighted by Gasteiger charge is 2.37. The highest BCUT2D eigenvalue weighted by molar-refractivity contribution is 5.87. The molecule has 0 atom stereocenters. The molecule has 14 heavy (non-hydrogen) atoms. The van der Waals surface area contributed by atoms with E-state index in [2.05, 4.69) is 5.10 Å². The number of rotatable bonds is 3. The summed E-state index contributed by atoms with van der Waals surface area (Å²) in [7, 11) is 0. The molecule has 0 saturated carbocycles.